The van der Waals surface area contributed by atoms with Gasteiger partial charge in [0, 0.05) is 23.0 Å². The van der Waals surface area contributed by atoms with Gasteiger partial charge in [0.1, 0.15) is 0 Å². The van der Waals surface area contributed by atoms with Crippen LogP contribution in [-0.2, 0) is 6.42 Å². The number of hydrogen-bond donors (Lipinski definition) is 1. The lowest BCUT2D eigenvalue weighted by Crippen LogP contribution is -2.02. The minimum absolute atomic E-state index is 0.515. The quantitative estimate of drug-likeness (QED) is 0.938. The molecule has 84 valence electrons. The molecular weight excluding hydrogens is 270 g/mol. The van der Waals surface area contributed by atoms with Crippen LogP contribution in [0.5, 0.6) is 0 Å². The highest BCUT2D eigenvalue weighted by Crippen LogP contribution is 2.23. The van der Waals surface area contributed by atoms with E-state index >= 15 is 0 Å². The van der Waals surface area contributed by atoms with E-state index in [9.17, 15) is 0 Å². The number of nitrogens with zero attached hydrogens (tertiary/aromatic N) is 2. The summed E-state index contributed by atoms with van der Waals surface area (Å²) < 4.78 is 6.13. The maximum atomic E-state index is 5.42. The van der Waals surface area contributed by atoms with E-state index in [1.165, 1.54) is 0 Å². The first-order valence-electron chi connectivity index (χ1n) is 5.00. The predicted molar refractivity (Wildman–Crippen MR) is 64.9 cm³/mol. The largest absolute Gasteiger partial charge is 0.339 e. The van der Waals surface area contributed by atoms with E-state index in [0.717, 1.165) is 15.6 Å². The molecule has 16 heavy (non-hydrogen) atoms. The molecule has 0 aliphatic rings. The molecule has 0 bridgehead atoms. The first-order chi connectivity index (χ1) is 7.70. The third-order valence-corrected chi connectivity index (χ3v) is 2.75. The molecular formula is C11H12BrN3O. The van der Waals surface area contributed by atoms with Gasteiger partial charge in [0.05, 0.1) is 0 Å². The van der Waals surface area contributed by atoms with Crippen LogP contribution in [0.25, 0.3) is 11.4 Å². The summed E-state index contributed by atoms with van der Waals surface area (Å²) in [5.41, 5.74) is 7.51. The van der Waals surface area contributed by atoms with Crippen LogP contribution in [0.1, 0.15) is 11.5 Å². The first-order valence-corrected chi connectivity index (χ1v) is 5.79. The minimum atomic E-state index is 0.515. The number of hydrogen-bond acceptors (Lipinski definition) is 4. The molecule has 0 spiro atoms. The molecule has 1 heterocycles. The van der Waals surface area contributed by atoms with E-state index in [4.69, 9.17) is 10.3 Å². The second kappa shape index (κ2) is 4.76. The van der Waals surface area contributed by atoms with Crippen LogP contribution in [0, 0.1) is 6.92 Å². The van der Waals surface area contributed by atoms with Crippen molar-refractivity contribution in [3.63, 3.8) is 0 Å². The highest BCUT2D eigenvalue weighted by molar-refractivity contribution is 9.10. The lowest BCUT2D eigenvalue weighted by atomic mass is 10.1. The van der Waals surface area contributed by atoms with Crippen molar-refractivity contribution in [2.75, 3.05) is 6.54 Å². The monoisotopic (exact) mass is 281 g/mol. The number of benzene rings is 1. The zero-order valence-corrected chi connectivity index (χ0v) is 10.5. The number of aromatic nitrogens is 2. The van der Waals surface area contributed by atoms with E-state index in [1.54, 1.807) is 0 Å². The van der Waals surface area contributed by atoms with E-state index in [-0.39, 0.29) is 0 Å². The molecule has 2 aromatic rings. The Hall–Kier alpha value is -1.20. The van der Waals surface area contributed by atoms with Crippen LogP contribution in [0.2, 0.25) is 0 Å². The molecule has 0 amide bonds. The van der Waals surface area contributed by atoms with Gasteiger partial charge in [-0.1, -0.05) is 21.1 Å². The summed E-state index contributed by atoms with van der Waals surface area (Å²) in [6.45, 7) is 2.53. The number of nitrogens with two attached hydrogens (primary N) is 1. The Morgan fingerprint density at radius 2 is 2.25 bits per heavy atom. The van der Waals surface area contributed by atoms with E-state index in [2.05, 4.69) is 26.1 Å². The second-order valence-electron chi connectivity index (χ2n) is 3.51. The van der Waals surface area contributed by atoms with E-state index in [0.29, 0.717) is 24.7 Å². The summed E-state index contributed by atoms with van der Waals surface area (Å²) in [4.78, 5) is 4.29. The molecule has 0 atom stereocenters. The smallest absolute Gasteiger partial charge is 0.228 e. The van der Waals surface area contributed by atoms with Crippen LogP contribution < -0.4 is 5.73 Å². The van der Waals surface area contributed by atoms with Crippen molar-refractivity contribution in [3.05, 3.63) is 34.1 Å². The van der Waals surface area contributed by atoms with Gasteiger partial charge < -0.3 is 10.3 Å². The molecule has 1 aromatic heterocycles. The van der Waals surface area contributed by atoms with Crippen molar-refractivity contribution in [1.82, 2.24) is 10.1 Å². The predicted octanol–water partition coefficient (Wildman–Crippen LogP) is 2.31. The average Bonchev–Trinajstić information content (AvgIpc) is 2.67. The fraction of sp³-hybridized carbons (Fsp3) is 0.273. The summed E-state index contributed by atoms with van der Waals surface area (Å²) in [6.07, 6.45) is 0.614. The highest BCUT2D eigenvalue weighted by Gasteiger charge is 2.10. The lowest BCUT2D eigenvalue weighted by molar-refractivity contribution is 0.380. The maximum Gasteiger partial charge on any atom is 0.228 e. The molecule has 4 nitrogen and oxygen atoms in total. The van der Waals surface area contributed by atoms with Crippen molar-refractivity contribution in [1.29, 1.82) is 0 Å². The zero-order chi connectivity index (χ0) is 11.5. The van der Waals surface area contributed by atoms with Crippen LogP contribution in [0.4, 0.5) is 0 Å². The molecule has 0 saturated heterocycles. The Bertz CT molecular complexity index is 496. The summed E-state index contributed by atoms with van der Waals surface area (Å²) in [6, 6.07) is 5.95. The number of aryl methyl sites for hydroxylation is 1. The standard InChI is InChI=1S/C11H12BrN3O/c1-7-6-8(12)2-3-9(7)11-14-10(4-5-13)16-15-11/h2-3,6H,4-5,13H2,1H3. The molecule has 2 N–H and O–H groups in total. The molecule has 1 aromatic carbocycles. The van der Waals surface area contributed by atoms with Crippen molar-refractivity contribution in [2.45, 2.75) is 13.3 Å². The van der Waals surface area contributed by atoms with Crippen molar-refractivity contribution >= 4 is 15.9 Å². The molecule has 0 aliphatic carbocycles. The summed E-state index contributed by atoms with van der Waals surface area (Å²) in [5, 5.41) is 3.94. The van der Waals surface area contributed by atoms with Crippen molar-refractivity contribution < 1.29 is 4.52 Å². The molecule has 0 saturated carbocycles. The minimum Gasteiger partial charge on any atom is -0.339 e. The number of rotatable bonds is 3. The molecule has 2 rings (SSSR count). The third kappa shape index (κ3) is 2.31. The fourth-order valence-corrected chi connectivity index (χ4v) is 1.94. The van der Waals surface area contributed by atoms with Crippen LogP contribution in [0.3, 0.4) is 0 Å². The number of halogens is 1. The molecule has 0 aliphatic heterocycles. The van der Waals surface area contributed by atoms with Gasteiger partial charge in [-0.3, -0.25) is 0 Å². The van der Waals surface area contributed by atoms with E-state index in [1.807, 2.05) is 25.1 Å². The Balaban J connectivity index is 2.35. The second-order valence-corrected chi connectivity index (χ2v) is 4.43. The first kappa shape index (κ1) is 11.3. The Labute approximate surface area is 102 Å². The highest BCUT2D eigenvalue weighted by atomic mass is 79.9. The zero-order valence-electron chi connectivity index (χ0n) is 8.90. The van der Waals surface area contributed by atoms with Gasteiger partial charge in [-0.05, 0) is 30.7 Å². The van der Waals surface area contributed by atoms with Gasteiger partial charge >= 0.3 is 0 Å². The summed E-state index contributed by atoms with van der Waals surface area (Å²) >= 11 is 3.42. The van der Waals surface area contributed by atoms with Gasteiger partial charge in [0.15, 0.2) is 0 Å². The van der Waals surface area contributed by atoms with Gasteiger partial charge in [-0.25, -0.2) is 0 Å². The lowest BCUT2D eigenvalue weighted by Gasteiger charge is -2.00. The molecule has 0 fully saturated rings. The van der Waals surface area contributed by atoms with Crippen molar-refractivity contribution in [3.8, 4) is 11.4 Å². The van der Waals surface area contributed by atoms with Gasteiger partial charge in [0.25, 0.3) is 0 Å². The normalized spacial score (nSPS) is 10.7. The maximum absolute atomic E-state index is 5.42. The summed E-state index contributed by atoms with van der Waals surface area (Å²) in [7, 11) is 0. The Kier molecular flexibility index (Phi) is 3.36. The van der Waals surface area contributed by atoms with Crippen LogP contribution in [-0.4, -0.2) is 16.7 Å². The Morgan fingerprint density at radius 3 is 2.94 bits per heavy atom. The molecule has 0 unspecified atom stereocenters. The average molecular weight is 282 g/mol. The molecule has 5 heteroatoms. The topological polar surface area (TPSA) is 64.9 Å². The SMILES string of the molecule is Cc1cc(Br)ccc1-c1noc(CCN)n1. The Morgan fingerprint density at radius 1 is 1.44 bits per heavy atom. The van der Waals surface area contributed by atoms with Gasteiger partial charge in [0.2, 0.25) is 11.7 Å². The third-order valence-electron chi connectivity index (χ3n) is 2.26. The van der Waals surface area contributed by atoms with Crippen molar-refractivity contribution in [2.24, 2.45) is 5.73 Å². The summed E-state index contributed by atoms with van der Waals surface area (Å²) in [5.74, 6) is 1.20. The van der Waals surface area contributed by atoms with Crippen LogP contribution in [0.15, 0.2) is 27.2 Å². The van der Waals surface area contributed by atoms with Crippen LogP contribution >= 0.6 is 15.9 Å². The van der Waals surface area contributed by atoms with Gasteiger partial charge in [-0.2, -0.15) is 4.98 Å². The van der Waals surface area contributed by atoms with E-state index < -0.39 is 0 Å². The fourth-order valence-electron chi connectivity index (χ4n) is 1.47. The molecule has 0 radical (unpaired) electrons. The van der Waals surface area contributed by atoms with Gasteiger partial charge in [-0.15, -0.1) is 0 Å².